The SMILES string of the molecule is COc1cc2c(cc1OC)C(CN)CC2=O. The summed E-state index contributed by atoms with van der Waals surface area (Å²) < 4.78 is 10.4. The second-order valence-corrected chi connectivity index (χ2v) is 3.85. The standard InChI is InChI=1S/C12H15NO3/c1-15-11-4-8-7(6-13)3-10(14)9(8)5-12(11)16-2/h4-5,7H,3,6,13H2,1-2H3. The fourth-order valence-electron chi connectivity index (χ4n) is 2.13. The molecular weight excluding hydrogens is 206 g/mol. The van der Waals surface area contributed by atoms with E-state index in [4.69, 9.17) is 15.2 Å². The zero-order valence-corrected chi connectivity index (χ0v) is 9.45. The highest BCUT2D eigenvalue weighted by atomic mass is 16.5. The highest BCUT2D eigenvalue weighted by molar-refractivity contribution is 6.02. The molecule has 2 N–H and O–H groups in total. The summed E-state index contributed by atoms with van der Waals surface area (Å²) >= 11 is 0. The van der Waals surface area contributed by atoms with Gasteiger partial charge in [-0.1, -0.05) is 0 Å². The van der Waals surface area contributed by atoms with Crippen LogP contribution in [0.1, 0.15) is 28.3 Å². The van der Waals surface area contributed by atoms with Crippen LogP contribution in [0, 0.1) is 0 Å². The largest absolute Gasteiger partial charge is 0.493 e. The lowest BCUT2D eigenvalue weighted by molar-refractivity contribution is 0.0989. The van der Waals surface area contributed by atoms with E-state index in [0.717, 1.165) is 5.56 Å². The first-order chi connectivity index (χ1) is 7.71. The molecule has 0 spiro atoms. The number of carbonyl (C=O) groups excluding carboxylic acids is 1. The van der Waals surface area contributed by atoms with E-state index in [1.165, 1.54) is 0 Å². The van der Waals surface area contributed by atoms with Crippen molar-refractivity contribution in [3.05, 3.63) is 23.3 Å². The number of fused-ring (bicyclic) bond motifs is 1. The van der Waals surface area contributed by atoms with Crippen LogP contribution >= 0.6 is 0 Å². The van der Waals surface area contributed by atoms with E-state index in [1.54, 1.807) is 20.3 Å². The van der Waals surface area contributed by atoms with Crippen molar-refractivity contribution in [2.45, 2.75) is 12.3 Å². The van der Waals surface area contributed by atoms with Crippen molar-refractivity contribution in [3.8, 4) is 11.5 Å². The van der Waals surface area contributed by atoms with Gasteiger partial charge in [-0.05, 0) is 24.2 Å². The van der Waals surface area contributed by atoms with Gasteiger partial charge in [-0.15, -0.1) is 0 Å². The Bertz CT molecular complexity index is 429. The van der Waals surface area contributed by atoms with Crippen LogP contribution in [0.15, 0.2) is 12.1 Å². The average molecular weight is 221 g/mol. The zero-order chi connectivity index (χ0) is 11.7. The molecule has 0 saturated heterocycles. The predicted molar refractivity (Wildman–Crippen MR) is 60.3 cm³/mol. The Morgan fingerprint density at radius 3 is 2.50 bits per heavy atom. The van der Waals surface area contributed by atoms with Crippen LogP contribution < -0.4 is 15.2 Å². The third-order valence-corrected chi connectivity index (χ3v) is 3.01. The number of hydrogen-bond acceptors (Lipinski definition) is 4. The van der Waals surface area contributed by atoms with E-state index in [9.17, 15) is 4.79 Å². The quantitative estimate of drug-likeness (QED) is 0.836. The summed E-state index contributed by atoms with van der Waals surface area (Å²) in [7, 11) is 3.14. The summed E-state index contributed by atoms with van der Waals surface area (Å²) in [6.45, 7) is 0.480. The minimum atomic E-state index is 0.113. The number of rotatable bonds is 3. The van der Waals surface area contributed by atoms with Gasteiger partial charge in [0, 0.05) is 17.9 Å². The number of Topliss-reactive ketones (excluding diaryl/α,β-unsaturated/α-hetero) is 1. The van der Waals surface area contributed by atoms with Crippen molar-refractivity contribution in [2.75, 3.05) is 20.8 Å². The molecule has 0 radical (unpaired) electrons. The van der Waals surface area contributed by atoms with E-state index >= 15 is 0 Å². The van der Waals surface area contributed by atoms with Gasteiger partial charge in [0.15, 0.2) is 17.3 Å². The molecule has 0 saturated carbocycles. The number of carbonyl (C=O) groups is 1. The highest BCUT2D eigenvalue weighted by Crippen LogP contribution is 2.39. The smallest absolute Gasteiger partial charge is 0.163 e. The van der Waals surface area contributed by atoms with Crippen LogP contribution in [0.25, 0.3) is 0 Å². The van der Waals surface area contributed by atoms with Gasteiger partial charge < -0.3 is 15.2 Å². The zero-order valence-electron chi connectivity index (χ0n) is 9.45. The summed E-state index contributed by atoms with van der Waals surface area (Å²) in [6.07, 6.45) is 0.488. The van der Waals surface area contributed by atoms with E-state index in [-0.39, 0.29) is 11.7 Å². The summed E-state index contributed by atoms with van der Waals surface area (Å²) in [5.41, 5.74) is 7.34. The van der Waals surface area contributed by atoms with Gasteiger partial charge in [-0.3, -0.25) is 4.79 Å². The fraction of sp³-hybridized carbons (Fsp3) is 0.417. The number of benzene rings is 1. The van der Waals surface area contributed by atoms with E-state index in [2.05, 4.69) is 0 Å². The maximum atomic E-state index is 11.8. The van der Waals surface area contributed by atoms with Crippen LogP contribution in [0.5, 0.6) is 11.5 Å². The summed E-state index contributed by atoms with van der Waals surface area (Å²) in [5, 5.41) is 0. The van der Waals surface area contributed by atoms with Gasteiger partial charge in [0.2, 0.25) is 0 Å². The number of ketones is 1. The van der Waals surface area contributed by atoms with Crippen molar-refractivity contribution in [1.29, 1.82) is 0 Å². The first-order valence-corrected chi connectivity index (χ1v) is 5.20. The fourth-order valence-corrected chi connectivity index (χ4v) is 2.13. The Morgan fingerprint density at radius 1 is 1.31 bits per heavy atom. The Labute approximate surface area is 94.3 Å². The van der Waals surface area contributed by atoms with E-state index in [1.807, 2.05) is 6.07 Å². The Kier molecular flexibility index (Phi) is 2.83. The van der Waals surface area contributed by atoms with Crippen molar-refractivity contribution in [2.24, 2.45) is 5.73 Å². The molecule has 1 aromatic rings. The van der Waals surface area contributed by atoms with E-state index in [0.29, 0.717) is 30.0 Å². The lowest BCUT2D eigenvalue weighted by atomic mass is 10.0. The minimum Gasteiger partial charge on any atom is -0.493 e. The van der Waals surface area contributed by atoms with Gasteiger partial charge in [-0.25, -0.2) is 0 Å². The predicted octanol–water partition coefficient (Wildman–Crippen LogP) is 1.33. The molecule has 0 heterocycles. The molecule has 1 aliphatic rings. The molecule has 1 aliphatic carbocycles. The molecule has 0 aliphatic heterocycles. The van der Waals surface area contributed by atoms with Crippen molar-refractivity contribution >= 4 is 5.78 Å². The normalized spacial score (nSPS) is 18.4. The first kappa shape index (κ1) is 11.0. The molecule has 86 valence electrons. The summed E-state index contributed by atoms with van der Waals surface area (Å²) in [5.74, 6) is 1.48. The van der Waals surface area contributed by atoms with Crippen molar-refractivity contribution in [3.63, 3.8) is 0 Å². The molecule has 16 heavy (non-hydrogen) atoms. The Morgan fingerprint density at radius 2 is 1.94 bits per heavy atom. The van der Waals surface area contributed by atoms with Crippen LogP contribution in [-0.4, -0.2) is 26.5 Å². The van der Waals surface area contributed by atoms with Crippen LogP contribution in [0.3, 0.4) is 0 Å². The first-order valence-electron chi connectivity index (χ1n) is 5.20. The maximum Gasteiger partial charge on any atom is 0.163 e. The van der Waals surface area contributed by atoms with E-state index < -0.39 is 0 Å². The second-order valence-electron chi connectivity index (χ2n) is 3.85. The molecule has 0 aromatic heterocycles. The molecule has 1 unspecified atom stereocenters. The maximum absolute atomic E-state index is 11.8. The van der Waals surface area contributed by atoms with Crippen LogP contribution in [-0.2, 0) is 0 Å². The van der Waals surface area contributed by atoms with Crippen molar-refractivity contribution in [1.82, 2.24) is 0 Å². The second kappa shape index (κ2) is 4.14. The van der Waals surface area contributed by atoms with Crippen molar-refractivity contribution < 1.29 is 14.3 Å². The average Bonchev–Trinajstić information content (AvgIpc) is 2.63. The number of nitrogens with two attached hydrogens (primary N) is 1. The molecule has 2 rings (SSSR count). The van der Waals surface area contributed by atoms with Gasteiger partial charge in [0.05, 0.1) is 14.2 Å². The molecule has 4 heteroatoms. The molecule has 0 amide bonds. The number of ether oxygens (including phenoxy) is 2. The highest BCUT2D eigenvalue weighted by Gasteiger charge is 2.30. The number of methoxy groups -OCH3 is 2. The lowest BCUT2D eigenvalue weighted by Gasteiger charge is -2.12. The molecule has 0 bridgehead atoms. The number of hydrogen-bond donors (Lipinski definition) is 1. The summed E-state index contributed by atoms with van der Waals surface area (Å²) in [6, 6.07) is 3.60. The Hall–Kier alpha value is -1.55. The third kappa shape index (κ3) is 1.55. The molecule has 1 atom stereocenters. The molecular formula is C12H15NO3. The summed E-state index contributed by atoms with van der Waals surface area (Å²) in [4.78, 5) is 11.8. The minimum absolute atomic E-state index is 0.113. The van der Waals surface area contributed by atoms with Crippen LogP contribution in [0.2, 0.25) is 0 Å². The van der Waals surface area contributed by atoms with Gasteiger partial charge in [0.25, 0.3) is 0 Å². The molecule has 4 nitrogen and oxygen atoms in total. The monoisotopic (exact) mass is 221 g/mol. The van der Waals surface area contributed by atoms with Gasteiger partial charge in [0.1, 0.15) is 0 Å². The molecule has 1 aromatic carbocycles. The Balaban J connectivity index is 2.54. The lowest BCUT2D eigenvalue weighted by Crippen LogP contribution is -2.09. The van der Waals surface area contributed by atoms with Gasteiger partial charge >= 0.3 is 0 Å². The third-order valence-electron chi connectivity index (χ3n) is 3.01. The molecule has 0 fully saturated rings. The van der Waals surface area contributed by atoms with Crippen LogP contribution in [0.4, 0.5) is 0 Å². The topological polar surface area (TPSA) is 61.6 Å². The van der Waals surface area contributed by atoms with Gasteiger partial charge in [-0.2, -0.15) is 0 Å².